The van der Waals surface area contributed by atoms with Gasteiger partial charge in [-0.2, -0.15) is 0 Å². The fraction of sp³-hybridized carbons (Fsp3) is 0.917. The van der Waals surface area contributed by atoms with Crippen molar-refractivity contribution in [3.05, 3.63) is 0 Å². The lowest BCUT2D eigenvalue weighted by molar-refractivity contribution is 0.00505. The van der Waals surface area contributed by atoms with Crippen molar-refractivity contribution in [3.8, 4) is 0 Å². The number of hydrogen-bond acceptors (Lipinski definition) is 3. The van der Waals surface area contributed by atoms with Gasteiger partial charge in [0.2, 0.25) is 0 Å². The van der Waals surface area contributed by atoms with Crippen LogP contribution < -0.4 is 5.73 Å². The number of nitrogens with two attached hydrogens (primary N) is 1. The molecule has 16 heavy (non-hydrogen) atoms. The van der Waals surface area contributed by atoms with Gasteiger partial charge in [-0.05, 0) is 46.5 Å². The minimum atomic E-state index is -0.419. The Morgan fingerprint density at radius 2 is 1.88 bits per heavy atom. The highest BCUT2D eigenvalue weighted by Crippen LogP contribution is 2.35. The number of carbonyl (C=O) groups excluding carboxylic acids is 1. The van der Waals surface area contributed by atoms with Gasteiger partial charge >= 0.3 is 6.09 Å². The Hall–Kier alpha value is -0.770. The van der Waals surface area contributed by atoms with E-state index in [0.717, 1.165) is 25.7 Å². The number of ether oxygens (including phenoxy) is 1. The molecule has 0 saturated carbocycles. The number of rotatable bonds is 0. The molecule has 4 nitrogen and oxygen atoms in total. The van der Waals surface area contributed by atoms with E-state index in [4.69, 9.17) is 10.5 Å². The lowest BCUT2D eigenvalue weighted by Crippen LogP contribution is -2.54. The lowest BCUT2D eigenvalue weighted by Gasteiger charge is -2.39. The van der Waals surface area contributed by atoms with E-state index in [1.165, 1.54) is 0 Å². The van der Waals surface area contributed by atoms with E-state index in [1.54, 1.807) is 0 Å². The van der Waals surface area contributed by atoms with Crippen LogP contribution in [0.2, 0.25) is 0 Å². The second kappa shape index (κ2) is 3.91. The van der Waals surface area contributed by atoms with Crippen LogP contribution in [0, 0.1) is 0 Å². The smallest absolute Gasteiger partial charge is 0.410 e. The van der Waals surface area contributed by atoms with Gasteiger partial charge in [0, 0.05) is 12.1 Å². The molecule has 2 aliphatic rings. The minimum Gasteiger partial charge on any atom is -0.444 e. The van der Waals surface area contributed by atoms with Crippen LogP contribution in [0.4, 0.5) is 4.79 Å². The summed E-state index contributed by atoms with van der Waals surface area (Å²) < 4.78 is 5.44. The Balaban J connectivity index is 2.07. The SMILES string of the molecule is CC(C)(C)OC(=O)N1[C@@H]2CC[C@@H]1[C@@H](N)CC2. The van der Waals surface area contributed by atoms with Crippen molar-refractivity contribution >= 4 is 6.09 Å². The number of piperidine rings is 1. The molecule has 0 aromatic carbocycles. The normalized spacial score (nSPS) is 34.0. The van der Waals surface area contributed by atoms with Crippen LogP contribution in [0.15, 0.2) is 0 Å². The molecule has 0 unspecified atom stereocenters. The fourth-order valence-corrected chi connectivity index (χ4v) is 2.79. The maximum absolute atomic E-state index is 12.1. The van der Waals surface area contributed by atoms with E-state index in [2.05, 4.69) is 0 Å². The molecule has 92 valence electrons. The number of amides is 1. The molecule has 2 aliphatic heterocycles. The van der Waals surface area contributed by atoms with Gasteiger partial charge in [-0.15, -0.1) is 0 Å². The molecule has 0 aliphatic carbocycles. The van der Waals surface area contributed by atoms with E-state index < -0.39 is 5.60 Å². The zero-order valence-corrected chi connectivity index (χ0v) is 10.4. The maximum Gasteiger partial charge on any atom is 0.410 e. The summed E-state index contributed by atoms with van der Waals surface area (Å²) in [4.78, 5) is 14.0. The van der Waals surface area contributed by atoms with Crippen molar-refractivity contribution in [1.29, 1.82) is 0 Å². The molecule has 0 aromatic rings. The fourth-order valence-electron chi connectivity index (χ4n) is 2.79. The summed E-state index contributed by atoms with van der Waals surface area (Å²) in [6, 6.07) is 0.694. The second-order valence-electron chi connectivity index (χ2n) is 5.93. The Bertz CT molecular complexity index is 285. The topological polar surface area (TPSA) is 55.6 Å². The molecule has 2 saturated heterocycles. The summed E-state index contributed by atoms with van der Waals surface area (Å²) in [5, 5.41) is 0. The third-order valence-corrected chi connectivity index (χ3v) is 3.48. The van der Waals surface area contributed by atoms with Gasteiger partial charge in [0.25, 0.3) is 0 Å². The highest BCUT2D eigenvalue weighted by molar-refractivity contribution is 5.69. The maximum atomic E-state index is 12.1. The van der Waals surface area contributed by atoms with Crippen LogP contribution in [0.3, 0.4) is 0 Å². The van der Waals surface area contributed by atoms with E-state index in [9.17, 15) is 4.79 Å². The summed E-state index contributed by atoms with van der Waals surface area (Å²) in [5.74, 6) is 0. The quantitative estimate of drug-likeness (QED) is 0.686. The van der Waals surface area contributed by atoms with Gasteiger partial charge in [0.05, 0.1) is 6.04 Å². The van der Waals surface area contributed by atoms with Crippen LogP contribution in [-0.4, -0.2) is 34.7 Å². The van der Waals surface area contributed by atoms with Crippen molar-refractivity contribution in [2.24, 2.45) is 5.73 Å². The number of fused-ring (bicyclic) bond motifs is 2. The minimum absolute atomic E-state index is 0.131. The molecule has 0 aromatic heterocycles. The van der Waals surface area contributed by atoms with E-state index in [-0.39, 0.29) is 18.2 Å². The Kier molecular flexibility index (Phi) is 2.86. The highest BCUT2D eigenvalue weighted by Gasteiger charge is 2.44. The summed E-state index contributed by atoms with van der Waals surface area (Å²) in [6.45, 7) is 5.70. The van der Waals surface area contributed by atoms with Crippen molar-refractivity contribution < 1.29 is 9.53 Å². The molecule has 2 N–H and O–H groups in total. The van der Waals surface area contributed by atoms with Crippen molar-refractivity contribution in [3.63, 3.8) is 0 Å². The van der Waals surface area contributed by atoms with E-state index in [0.29, 0.717) is 6.04 Å². The van der Waals surface area contributed by atoms with Crippen LogP contribution in [0.25, 0.3) is 0 Å². The molecular formula is C12H22N2O2. The number of carbonyl (C=O) groups is 1. The average molecular weight is 226 g/mol. The molecule has 1 amide bonds. The van der Waals surface area contributed by atoms with Crippen LogP contribution >= 0.6 is 0 Å². The molecule has 3 atom stereocenters. The Labute approximate surface area is 97.1 Å². The first kappa shape index (κ1) is 11.7. The van der Waals surface area contributed by atoms with Crippen LogP contribution in [0.1, 0.15) is 46.5 Å². The predicted molar refractivity (Wildman–Crippen MR) is 62.1 cm³/mol. The van der Waals surface area contributed by atoms with Crippen LogP contribution in [0.5, 0.6) is 0 Å². The molecule has 2 rings (SSSR count). The summed E-state index contributed by atoms with van der Waals surface area (Å²) in [6.07, 6.45) is 3.99. The molecule has 0 spiro atoms. The number of hydrogen-bond donors (Lipinski definition) is 1. The van der Waals surface area contributed by atoms with E-state index >= 15 is 0 Å². The summed E-state index contributed by atoms with van der Waals surface area (Å²) in [5.41, 5.74) is 5.64. The standard InChI is InChI=1S/C12H22N2O2/c1-12(2,3)16-11(15)14-8-4-6-9(13)10(14)7-5-8/h8-10H,4-7,13H2,1-3H3/t8-,9-,10+/m0/s1. The van der Waals surface area contributed by atoms with Crippen LogP contribution in [-0.2, 0) is 4.74 Å². The largest absolute Gasteiger partial charge is 0.444 e. The van der Waals surface area contributed by atoms with Gasteiger partial charge < -0.3 is 15.4 Å². The zero-order valence-electron chi connectivity index (χ0n) is 10.4. The third kappa shape index (κ3) is 2.17. The van der Waals surface area contributed by atoms with Crippen molar-refractivity contribution in [1.82, 2.24) is 4.90 Å². The third-order valence-electron chi connectivity index (χ3n) is 3.48. The van der Waals surface area contributed by atoms with E-state index in [1.807, 2.05) is 25.7 Å². The average Bonchev–Trinajstić information content (AvgIpc) is 2.46. The number of nitrogens with zero attached hydrogens (tertiary/aromatic N) is 1. The Morgan fingerprint density at radius 3 is 2.50 bits per heavy atom. The first-order valence-electron chi connectivity index (χ1n) is 6.15. The second-order valence-corrected chi connectivity index (χ2v) is 5.93. The highest BCUT2D eigenvalue weighted by atomic mass is 16.6. The molecule has 0 radical (unpaired) electrons. The molecule has 2 heterocycles. The van der Waals surface area contributed by atoms with Gasteiger partial charge in [0.15, 0.2) is 0 Å². The Morgan fingerprint density at radius 1 is 1.25 bits per heavy atom. The lowest BCUT2D eigenvalue weighted by atomic mass is 9.99. The summed E-state index contributed by atoms with van der Waals surface area (Å²) in [7, 11) is 0. The molecule has 2 bridgehead atoms. The van der Waals surface area contributed by atoms with Crippen molar-refractivity contribution in [2.45, 2.75) is 70.2 Å². The predicted octanol–water partition coefficient (Wildman–Crippen LogP) is 1.88. The summed E-state index contributed by atoms with van der Waals surface area (Å²) >= 11 is 0. The molecular weight excluding hydrogens is 204 g/mol. The van der Waals surface area contributed by atoms with Gasteiger partial charge in [0.1, 0.15) is 5.60 Å². The zero-order chi connectivity index (χ0) is 11.9. The monoisotopic (exact) mass is 226 g/mol. The first-order valence-corrected chi connectivity index (χ1v) is 6.15. The van der Waals surface area contributed by atoms with Crippen molar-refractivity contribution in [2.75, 3.05) is 0 Å². The van der Waals surface area contributed by atoms with Gasteiger partial charge in [-0.1, -0.05) is 0 Å². The molecule has 4 heteroatoms. The van der Waals surface area contributed by atoms with Gasteiger partial charge in [-0.3, -0.25) is 0 Å². The van der Waals surface area contributed by atoms with Gasteiger partial charge in [-0.25, -0.2) is 4.79 Å². The first-order chi connectivity index (χ1) is 7.38. The molecule has 2 fully saturated rings.